The smallest absolute Gasteiger partial charge is 0.0159 e. The van der Waals surface area contributed by atoms with E-state index in [9.17, 15) is 0 Å². The monoisotopic (exact) mass is 275 g/mol. The van der Waals surface area contributed by atoms with Crippen LogP contribution in [0.2, 0.25) is 0 Å². The lowest BCUT2D eigenvalue weighted by Gasteiger charge is -2.06. The molecule has 0 spiro atoms. The molecule has 1 nitrogen and oxygen atoms in total. The van der Waals surface area contributed by atoms with E-state index in [0.717, 1.165) is 6.42 Å². The van der Waals surface area contributed by atoms with Crippen LogP contribution < -0.4 is 5.73 Å². The number of halogens is 1. The molecule has 0 aliphatic rings. The van der Waals surface area contributed by atoms with E-state index in [0.29, 0.717) is 0 Å². The topological polar surface area (TPSA) is 26.0 Å². The van der Waals surface area contributed by atoms with E-state index in [1.807, 2.05) is 6.92 Å². The molecule has 0 fully saturated rings. The summed E-state index contributed by atoms with van der Waals surface area (Å²) in [5, 5.41) is 0. The van der Waals surface area contributed by atoms with Crippen LogP contribution in [0.4, 0.5) is 0 Å². The summed E-state index contributed by atoms with van der Waals surface area (Å²) in [6.45, 7) is 4.17. The van der Waals surface area contributed by atoms with Crippen LogP contribution in [-0.2, 0) is 6.42 Å². The van der Waals surface area contributed by atoms with Gasteiger partial charge in [-0.05, 0) is 60.1 Å². The number of hydrogen-bond acceptors (Lipinski definition) is 1. The average Bonchev–Trinajstić information content (AvgIpc) is 1.96. The molecule has 0 radical (unpaired) electrons. The summed E-state index contributed by atoms with van der Waals surface area (Å²) in [6, 6.07) is 6.76. The molecule has 0 amide bonds. The molecule has 2 N–H and O–H groups in total. The zero-order valence-corrected chi connectivity index (χ0v) is 9.63. The van der Waals surface area contributed by atoms with Crippen LogP contribution in [0.15, 0.2) is 18.2 Å². The number of benzene rings is 1. The molecule has 0 saturated carbocycles. The van der Waals surface area contributed by atoms with E-state index in [-0.39, 0.29) is 6.04 Å². The van der Waals surface area contributed by atoms with Gasteiger partial charge in [-0.1, -0.05) is 12.1 Å². The SMILES string of the molecule is Cc1cc(C[C@@H](C)N)ccc1I. The van der Waals surface area contributed by atoms with Crippen LogP contribution in [0, 0.1) is 10.5 Å². The molecule has 0 aliphatic heterocycles. The predicted molar refractivity (Wildman–Crippen MR) is 61.2 cm³/mol. The minimum atomic E-state index is 0.254. The van der Waals surface area contributed by atoms with E-state index in [2.05, 4.69) is 47.7 Å². The molecule has 0 saturated heterocycles. The third-order valence-corrected chi connectivity index (χ3v) is 2.99. The Labute approximate surface area is 87.5 Å². The van der Waals surface area contributed by atoms with E-state index in [4.69, 9.17) is 5.73 Å². The van der Waals surface area contributed by atoms with E-state index < -0.39 is 0 Å². The first-order valence-electron chi connectivity index (χ1n) is 4.10. The van der Waals surface area contributed by atoms with Gasteiger partial charge in [0.2, 0.25) is 0 Å². The normalized spacial score (nSPS) is 13.0. The molecule has 0 aromatic heterocycles. The van der Waals surface area contributed by atoms with Crippen molar-refractivity contribution in [1.29, 1.82) is 0 Å². The molecule has 1 aromatic rings. The van der Waals surface area contributed by atoms with Crippen molar-refractivity contribution in [2.45, 2.75) is 26.3 Å². The van der Waals surface area contributed by atoms with Crippen molar-refractivity contribution in [3.05, 3.63) is 32.9 Å². The lowest BCUT2D eigenvalue weighted by Crippen LogP contribution is -2.17. The molecule has 66 valence electrons. The van der Waals surface area contributed by atoms with Gasteiger partial charge in [0.1, 0.15) is 0 Å². The first kappa shape index (κ1) is 9.99. The zero-order chi connectivity index (χ0) is 9.14. The summed E-state index contributed by atoms with van der Waals surface area (Å²) in [6.07, 6.45) is 0.970. The maximum atomic E-state index is 5.71. The van der Waals surface area contributed by atoms with Gasteiger partial charge in [0.05, 0.1) is 0 Å². The first-order valence-corrected chi connectivity index (χ1v) is 5.18. The van der Waals surface area contributed by atoms with Crippen molar-refractivity contribution >= 4 is 22.6 Å². The minimum Gasteiger partial charge on any atom is -0.328 e. The summed E-state index contributed by atoms with van der Waals surface area (Å²) in [4.78, 5) is 0. The maximum absolute atomic E-state index is 5.71. The Kier molecular flexibility index (Phi) is 3.53. The van der Waals surface area contributed by atoms with Crippen LogP contribution in [-0.4, -0.2) is 6.04 Å². The number of rotatable bonds is 2. The highest BCUT2D eigenvalue weighted by Crippen LogP contribution is 2.13. The summed E-state index contributed by atoms with van der Waals surface area (Å²) < 4.78 is 1.32. The van der Waals surface area contributed by atoms with Crippen LogP contribution >= 0.6 is 22.6 Å². The zero-order valence-electron chi connectivity index (χ0n) is 7.47. The van der Waals surface area contributed by atoms with Gasteiger partial charge < -0.3 is 5.73 Å². The van der Waals surface area contributed by atoms with E-state index in [1.165, 1.54) is 14.7 Å². The Morgan fingerprint density at radius 1 is 1.50 bits per heavy atom. The molecule has 1 atom stereocenters. The second-order valence-corrected chi connectivity index (χ2v) is 4.43. The fourth-order valence-electron chi connectivity index (χ4n) is 1.21. The number of aryl methyl sites for hydroxylation is 1. The Bertz CT molecular complexity index is 269. The van der Waals surface area contributed by atoms with Crippen molar-refractivity contribution in [1.82, 2.24) is 0 Å². The Morgan fingerprint density at radius 3 is 2.67 bits per heavy atom. The van der Waals surface area contributed by atoms with Gasteiger partial charge in [-0.25, -0.2) is 0 Å². The summed E-state index contributed by atoms with van der Waals surface area (Å²) in [7, 11) is 0. The molecule has 2 heteroatoms. The summed E-state index contributed by atoms with van der Waals surface area (Å²) >= 11 is 2.34. The van der Waals surface area contributed by atoms with Crippen LogP contribution in [0.25, 0.3) is 0 Å². The van der Waals surface area contributed by atoms with Crippen LogP contribution in [0.1, 0.15) is 18.1 Å². The van der Waals surface area contributed by atoms with Gasteiger partial charge in [-0.3, -0.25) is 0 Å². The predicted octanol–water partition coefficient (Wildman–Crippen LogP) is 2.49. The van der Waals surface area contributed by atoms with Gasteiger partial charge in [0.25, 0.3) is 0 Å². The summed E-state index contributed by atoms with van der Waals surface area (Å²) in [5.41, 5.74) is 8.39. The first-order chi connectivity index (χ1) is 5.59. The maximum Gasteiger partial charge on any atom is 0.0159 e. The second kappa shape index (κ2) is 4.23. The second-order valence-electron chi connectivity index (χ2n) is 3.26. The standard InChI is InChI=1S/C10H14IN/c1-7-5-9(6-8(2)12)3-4-10(7)11/h3-5,8H,6,12H2,1-2H3/t8-/m1/s1. The Hall–Kier alpha value is -0.0900. The third kappa shape index (κ3) is 2.75. The fraction of sp³-hybridized carbons (Fsp3) is 0.400. The summed E-state index contributed by atoms with van der Waals surface area (Å²) in [5.74, 6) is 0. The molecule has 12 heavy (non-hydrogen) atoms. The van der Waals surface area contributed by atoms with E-state index in [1.54, 1.807) is 0 Å². The highest BCUT2D eigenvalue weighted by atomic mass is 127. The Morgan fingerprint density at radius 2 is 2.17 bits per heavy atom. The van der Waals surface area contributed by atoms with Gasteiger partial charge in [0, 0.05) is 9.61 Å². The van der Waals surface area contributed by atoms with Crippen molar-refractivity contribution in [2.75, 3.05) is 0 Å². The lowest BCUT2D eigenvalue weighted by molar-refractivity contribution is 0.737. The number of hydrogen-bond donors (Lipinski definition) is 1. The van der Waals surface area contributed by atoms with Crippen molar-refractivity contribution in [3.63, 3.8) is 0 Å². The average molecular weight is 275 g/mol. The molecule has 0 bridgehead atoms. The largest absolute Gasteiger partial charge is 0.328 e. The van der Waals surface area contributed by atoms with Gasteiger partial charge in [0.15, 0.2) is 0 Å². The molecule has 1 aromatic carbocycles. The van der Waals surface area contributed by atoms with Crippen molar-refractivity contribution in [3.8, 4) is 0 Å². The lowest BCUT2D eigenvalue weighted by atomic mass is 10.1. The van der Waals surface area contributed by atoms with Crippen LogP contribution in [0.3, 0.4) is 0 Å². The minimum absolute atomic E-state index is 0.254. The molecule has 0 unspecified atom stereocenters. The van der Waals surface area contributed by atoms with Gasteiger partial charge >= 0.3 is 0 Å². The highest BCUT2D eigenvalue weighted by molar-refractivity contribution is 14.1. The van der Waals surface area contributed by atoms with Gasteiger partial charge in [-0.15, -0.1) is 0 Å². The van der Waals surface area contributed by atoms with Crippen LogP contribution in [0.5, 0.6) is 0 Å². The molecule has 0 heterocycles. The van der Waals surface area contributed by atoms with Crippen molar-refractivity contribution < 1.29 is 0 Å². The molecular weight excluding hydrogens is 261 g/mol. The van der Waals surface area contributed by atoms with Gasteiger partial charge in [-0.2, -0.15) is 0 Å². The number of nitrogens with two attached hydrogens (primary N) is 1. The molecule has 1 rings (SSSR count). The quantitative estimate of drug-likeness (QED) is 0.824. The third-order valence-electron chi connectivity index (χ3n) is 1.78. The van der Waals surface area contributed by atoms with E-state index >= 15 is 0 Å². The molecular formula is C10H14IN. The Balaban J connectivity index is 2.82. The fourth-order valence-corrected chi connectivity index (χ4v) is 1.54. The van der Waals surface area contributed by atoms with Crippen molar-refractivity contribution in [2.24, 2.45) is 5.73 Å². The highest BCUT2D eigenvalue weighted by Gasteiger charge is 1.99. The molecule has 0 aliphatic carbocycles.